The standard InChI is InChI=1S/C13H14BrN3O2.C13H15N3O2/c1-7-11(14)12(17-13(15)16-7)10-8(18-2)5-4-6-9(10)19-3;1-8-7-9(16-13(14)15-8)12-10(17-2)5-4-6-11(12)18-3/h4-6H,1-3H3,(H2,15,16,17);4-7H,1-3H3,(H2,14,15,16). The average molecular weight is 569 g/mol. The van der Waals surface area contributed by atoms with Gasteiger partial charge >= 0.3 is 0 Å². The molecule has 0 saturated heterocycles. The first-order chi connectivity index (χ1) is 17.7. The smallest absolute Gasteiger partial charge is 0.220 e. The van der Waals surface area contributed by atoms with Gasteiger partial charge < -0.3 is 30.4 Å². The minimum atomic E-state index is 0.212. The molecule has 10 nitrogen and oxygen atoms in total. The van der Waals surface area contributed by atoms with Crippen molar-refractivity contribution in [3.8, 4) is 45.5 Å². The number of anilines is 2. The van der Waals surface area contributed by atoms with E-state index in [-0.39, 0.29) is 11.9 Å². The molecule has 0 unspecified atom stereocenters. The molecule has 194 valence electrons. The number of rotatable bonds is 6. The van der Waals surface area contributed by atoms with E-state index in [1.54, 1.807) is 28.4 Å². The van der Waals surface area contributed by atoms with Gasteiger partial charge in [0.05, 0.1) is 61.1 Å². The number of benzene rings is 2. The highest BCUT2D eigenvalue weighted by Crippen LogP contribution is 2.41. The molecule has 4 N–H and O–H groups in total. The molecule has 2 heterocycles. The molecule has 0 radical (unpaired) electrons. The molecule has 2 aromatic heterocycles. The Bertz CT molecular complexity index is 1340. The van der Waals surface area contributed by atoms with Gasteiger partial charge in [0.1, 0.15) is 23.0 Å². The SMILES string of the molecule is COc1cccc(OC)c1-c1cc(C)nc(N)n1.COc1cccc(OC)c1-c1nc(N)nc(C)c1Br. The Morgan fingerprint density at radius 2 is 1.11 bits per heavy atom. The number of hydrogen-bond acceptors (Lipinski definition) is 10. The first kappa shape index (κ1) is 27.5. The molecular weight excluding hydrogens is 540 g/mol. The van der Waals surface area contributed by atoms with E-state index in [0.717, 1.165) is 27.0 Å². The van der Waals surface area contributed by atoms with E-state index in [1.807, 2.05) is 56.3 Å². The molecular formula is C26H29BrN6O4. The van der Waals surface area contributed by atoms with E-state index < -0.39 is 0 Å². The van der Waals surface area contributed by atoms with E-state index in [0.29, 0.717) is 34.4 Å². The number of nitrogen functional groups attached to an aromatic ring is 2. The number of aryl methyl sites for hydroxylation is 2. The Labute approximate surface area is 224 Å². The van der Waals surface area contributed by atoms with E-state index in [2.05, 4.69) is 35.9 Å². The van der Waals surface area contributed by atoms with Crippen LogP contribution in [-0.4, -0.2) is 48.4 Å². The zero-order valence-corrected chi connectivity index (χ0v) is 23.1. The van der Waals surface area contributed by atoms with Crippen LogP contribution in [0.4, 0.5) is 11.9 Å². The fourth-order valence-corrected chi connectivity index (χ4v) is 4.03. The largest absolute Gasteiger partial charge is 0.496 e. The van der Waals surface area contributed by atoms with Gasteiger partial charge in [-0.2, -0.15) is 0 Å². The van der Waals surface area contributed by atoms with E-state index in [9.17, 15) is 0 Å². The summed E-state index contributed by atoms with van der Waals surface area (Å²) in [5.41, 5.74) is 15.8. The third kappa shape index (κ3) is 6.18. The third-order valence-corrected chi connectivity index (χ3v) is 6.20. The summed E-state index contributed by atoms with van der Waals surface area (Å²) in [6.45, 7) is 3.72. The molecule has 4 aromatic rings. The quantitative estimate of drug-likeness (QED) is 0.331. The summed E-state index contributed by atoms with van der Waals surface area (Å²) in [6, 6.07) is 13.0. The molecule has 0 saturated carbocycles. The van der Waals surface area contributed by atoms with Gasteiger partial charge in [-0.05, 0) is 60.1 Å². The zero-order valence-electron chi connectivity index (χ0n) is 21.5. The Morgan fingerprint density at radius 3 is 1.57 bits per heavy atom. The van der Waals surface area contributed by atoms with Crippen LogP contribution in [0.2, 0.25) is 0 Å². The molecule has 0 aliphatic carbocycles. The highest BCUT2D eigenvalue weighted by molar-refractivity contribution is 9.10. The lowest BCUT2D eigenvalue weighted by molar-refractivity contribution is 0.397. The van der Waals surface area contributed by atoms with Gasteiger partial charge in [-0.1, -0.05) is 12.1 Å². The molecule has 0 aliphatic rings. The lowest BCUT2D eigenvalue weighted by Crippen LogP contribution is -2.02. The van der Waals surface area contributed by atoms with Crippen LogP contribution in [-0.2, 0) is 0 Å². The van der Waals surface area contributed by atoms with Gasteiger partial charge in [-0.15, -0.1) is 0 Å². The van der Waals surface area contributed by atoms with E-state index in [4.69, 9.17) is 30.4 Å². The van der Waals surface area contributed by atoms with Gasteiger partial charge in [0, 0.05) is 5.69 Å². The van der Waals surface area contributed by atoms with Crippen molar-refractivity contribution in [3.05, 3.63) is 58.3 Å². The summed E-state index contributed by atoms with van der Waals surface area (Å²) >= 11 is 3.49. The van der Waals surface area contributed by atoms with Crippen molar-refractivity contribution in [1.29, 1.82) is 0 Å². The van der Waals surface area contributed by atoms with Gasteiger partial charge in [-0.3, -0.25) is 0 Å². The number of ether oxygens (including phenoxy) is 4. The van der Waals surface area contributed by atoms with Crippen molar-refractivity contribution in [3.63, 3.8) is 0 Å². The second kappa shape index (κ2) is 12.2. The summed E-state index contributed by atoms with van der Waals surface area (Å²) in [5, 5.41) is 0. The highest BCUT2D eigenvalue weighted by atomic mass is 79.9. The Balaban J connectivity index is 0.000000206. The maximum atomic E-state index is 5.72. The molecule has 0 atom stereocenters. The van der Waals surface area contributed by atoms with Crippen LogP contribution >= 0.6 is 15.9 Å². The molecule has 0 amide bonds. The van der Waals surface area contributed by atoms with Gasteiger partial charge in [-0.25, -0.2) is 19.9 Å². The van der Waals surface area contributed by atoms with Crippen molar-refractivity contribution >= 4 is 27.8 Å². The molecule has 4 rings (SSSR count). The highest BCUT2D eigenvalue weighted by Gasteiger charge is 2.19. The normalized spacial score (nSPS) is 10.2. The lowest BCUT2D eigenvalue weighted by Gasteiger charge is -2.14. The molecule has 0 spiro atoms. The number of nitrogens with zero attached hydrogens (tertiary/aromatic N) is 4. The summed E-state index contributed by atoms with van der Waals surface area (Å²) in [4.78, 5) is 16.7. The Kier molecular flexibility index (Phi) is 9.07. The maximum Gasteiger partial charge on any atom is 0.220 e. The summed E-state index contributed by atoms with van der Waals surface area (Å²) in [5.74, 6) is 3.15. The van der Waals surface area contributed by atoms with Crippen LogP contribution in [0.5, 0.6) is 23.0 Å². The van der Waals surface area contributed by atoms with Crippen molar-refractivity contribution in [2.45, 2.75) is 13.8 Å². The van der Waals surface area contributed by atoms with Gasteiger partial charge in [0.15, 0.2) is 0 Å². The molecule has 11 heteroatoms. The fourth-order valence-electron chi connectivity index (χ4n) is 3.65. The van der Waals surface area contributed by atoms with Crippen molar-refractivity contribution in [1.82, 2.24) is 19.9 Å². The minimum absolute atomic E-state index is 0.212. The number of aromatic nitrogens is 4. The predicted molar refractivity (Wildman–Crippen MR) is 147 cm³/mol. The van der Waals surface area contributed by atoms with E-state index in [1.165, 1.54) is 0 Å². The Hall–Kier alpha value is -4.12. The molecule has 37 heavy (non-hydrogen) atoms. The topological polar surface area (TPSA) is 141 Å². The number of methoxy groups -OCH3 is 4. The van der Waals surface area contributed by atoms with Crippen LogP contribution < -0.4 is 30.4 Å². The number of nitrogens with two attached hydrogens (primary N) is 2. The summed E-state index contributed by atoms with van der Waals surface area (Å²) in [6.07, 6.45) is 0. The van der Waals surface area contributed by atoms with Crippen LogP contribution in [0.25, 0.3) is 22.5 Å². The van der Waals surface area contributed by atoms with E-state index >= 15 is 0 Å². The van der Waals surface area contributed by atoms with Crippen molar-refractivity contribution in [2.75, 3.05) is 39.9 Å². The molecule has 0 bridgehead atoms. The molecule has 0 fully saturated rings. The third-order valence-electron chi connectivity index (χ3n) is 5.25. The second-order valence-corrected chi connectivity index (χ2v) is 8.45. The first-order valence-electron chi connectivity index (χ1n) is 11.1. The van der Waals surface area contributed by atoms with Crippen LogP contribution in [0.1, 0.15) is 11.4 Å². The second-order valence-electron chi connectivity index (χ2n) is 7.66. The summed E-state index contributed by atoms with van der Waals surface area (Å²) in [7, 11) is 6.42. The van der Waals surface area contributed by atoms with Crippen LogP contribution in [0, 0.1) is 13.8 Å². The molecule has 0 aliphatic heterocycles. The minimum Gasteiger partial charge on any atom is -0.496 e. The van der Waals surface area contributed by atoms with Crippen molar-refractivity contribution in [2.24, 2.45) is 0 Å². The fraction of sp³-hybridized carbons (Fsp3) is 0.231. The number of hydrogen-bond donors (Lipinski definition) is 2. The van der Waals surface area contributed by atoms with Crippen LogP contribution in [0.15, 0.2) is 46.9 Å². The Morgan fingerprint density at radius 1 is 0.649 bits per heavy atom. The lowest BCUT2D eigenvalue weighted by atomic mass is 10.1. The monoisotopic (exact) mass is 568 g/mol. The van der Waals surface area contributed by atoms with Gasteiger partial charge in [0.25, 0.3) is 0 Å². The van der Waals surface area contributed by atoms with Gasteiger partial charge in [0.2, 0.25) is 11.9 Å². The predicted octanol–water partition coefficient (Wildman–Crippen LogP) is 4.87. The van der Waals surface area contributed by atoms with Crippen molar-refractivity contribution < 1.29 is 18.9 Å². The zero-order chi connectivity index (χ0) is 27.1. The average Bonchev–Trinajstić information content (AvgIpc) is 2.89. The van der Waals surface area contributed by atoms with Crippen LogP contribution in [0.3, 0.4) is 0 Å². The maximum absolute atomic E-state index is 5.72. The molecule has 2 aromatic carbocycles. The number of halogens is 1. The summed E-state index contributed by atoms with van der Waals surface area (Å²) < 4.78 is 22.2. The first-order valence-corrected chi connectivity index (χ1v) is 11.9.